The number of nitrogens with one attached hydrogen (secondary N) is 1. The number of fused-ring (bicyclic) bond motifs is 1. The molecule has 0 saturated carbocycles. The van der Waals surface area contributed by atoms with E-state index in [1.807, 2.05) is 62.4 Å². The van der Waals surface area contributed by atoms with E-state index in [0.29, 0.717) is 11.1 Å². The normalized spacial score (nSPS) is 10.8. The van der Waals surface area contributed by atoms with Gasteiger partial charge in [0.25, 0.3) is 11.5 Å². The second-order valence-corrected chi connectivity index (χ2v) is 7.13. The first-order chi connectivity index (χ1) is 14.0. The third-order valence-corrected chi connectivity index (χ3v) is 4.97. The van der Waals surface area contributed by atoms with Gasteiger partial charge in [-0.3, -0.25) is 14.6 Å². The Morgan fingerprint density at radius 2 is 1.86 bits per heavy atom. The summed E-state index contributed by atoms with van der Waals surface area (Å²) in [6.07, 6.45) is 3.17. The zero-order valence-corrected chi connectivity index (χ0v) is 16.3. The lowest BCUT2D eigenvalue weighted by Gasteiger charge is -2.24. The van der Waals surface area contributed by atoms with Crippen LogP contribution in [0.3, 0.4) is 0 Å². The minimum atomic E-state index is -0.198. The van der Waals surface area contributed by atoms with Crippen LogP contribution in [-0.4, -0.2) is 15.9 Å². The van der Waals surface area contributed by atoms with E-state index in [0.717, 1.165) is 27.7 Å². The molecule has 0 spiro atoms. The molecule has 0 atom stereocenters. The highest BCUT2D eigenvalue weighted by atomic mass is 16.2. The molecule has 1 amide bonds. The maximum atomic E-state index is 13.3. The van der Waals surface area contributed by atoms with E-state index in [4.69, 9.17) is 0 Å². The number of hydrogen-bond donors (Lipinski definition) is 1. The monoisotopic (exact) mass is 383 g/mol. The summed E-state index contributed by atoms with van der Waals surface area (Å²) in [6.45, 7) is 4.10. The molecule has 0 bridgehead atoms. The van der Waals surface area contributed by atoms with E-state index in [1.54, 1.807) is 29.4 Å². The largest absolute Gasteiger partial charge is 0.322 e. The van der Waals surface area contributed by atoms with Crippen LogP contribution >= 0.6 is 0 Å². The Morgan fingerprint density at radius 3 is 2.62 bits per heavy atom. The van der Waals surface area contributed by atoms with Gasteiger partial charge in [0.1, 0.15) is 0 Å². The van der Waals surface area contributed by atoms with Gasteiger partial charge in [0, 0.05) is 29.2 Å². The average Bonchev–Trinajstić information content (AvgIpc) is 2.73. The number of pyridine rings is 2. The van der Waals surface area contributed by atoms with Crippen LogP contribution in [0.4, 0.5) is 5.69 Å². The van der Waals surface area contributed by atoms with Crippen LogP contribution in [0.2, 0.25) is 0 Å². The molecular weight excluding hydrogens is 362 g/mol. The van der Waals surface area contributed by atoms with Gasteiger partial charge in [-0.1, -0.05) is 30.3 Å². The van der Waals surface area contributed by atoms with Gasteiger partial charge in [-0.2, -0.15) is 0 Å². The first kappa shape index (κ1) is 18.6. The quantitative estimate of drug-likeness (QED) is 0.568. The van der Waals surface area contributed by atoms with Crippen molar-refractivity contribution in [2.45, 2.75) is 20.4 Å². The van der Waals surface area contributed by atoms with Gasteiger partial charge in [-0.05, 0) is 60.7 Å². The molecule has 0 fully saturated rings. The molecule has 5 heteroatoms. The minimum absolute atomic E-state index is 0.164. The number of carbonyl (C=O) groups excluding carboxylic acids is 1. The number of anilines is 1. The molecule has 0 unspecified atom stereocenters. The van der Waals surface area contributed by atoms with E-state index < -0.39 is 0 Å². The number of hydrogen-bond acceptors (Lipinski definition) is 3. The van der Waals surface area contributed by atoms with Crippen LogP contribution in [0.5, 0.6) is 0 Å². The highest BCUT2D eigenvalue weighted by molar-refractivity contribution is 6.06. The molecule has 1 N–H and O–H groups in total. The van der Waals surface area contributed by atoms with Crippen molar-refractivity contribution in [3.05, 3.63) is 106 Å². The summed E-state index contributed by atoms with van der Waals surface area (Å²) in [7, 11) is 0. The van der Waals surface area contributed by atoms with Gasteiger partial charge >= 0.3 is 0 Å². The Kier molecular flexibility index (Phi) is 4.96. The first-order valence-corrected chi connectivity index (χ1v) is 9.43. The lowest BCUT2D eigenvalue weighted by Crippen LogP contribution is -2.33. The summed E-state index contributed by atoms with van der Waals surface area (Å²) in [6, 6.07) is 18.9. The third-order valence-electron chi connectivity index (χ3n) is 4.97. The fraction of sp³-hybridized carbons (Fsp3) is 0.125. The van der Waals surface area contributed by atoms with E-state index in [-0.39, 0.29) is 18.0 Å². The number of rotatable bonds is 4. The van der Waals surface area contributed by atoms with Crippen molar-refractivity contribution >= 4 is 22.5 Å². The maximum Gasteiger partial charge on any atom is 0.260 e. The smallest absolute Gasteiger partial charge is 0.260 e. The predicted molar refractivity (Wildman–Crippen MR) is 115 cm³/mol. The minimum Gasteiger partial charge on any atom is -0.322 e. The molecule has 4 aromatic rings. The van der Waals surface area contributed by atoms with Crippen LogP contribution in [0.1, 0.15) is 27.0 Å². The molecule has 4 rings (SSSR count). The van der Waals surface area contributed by atoms with Crippen molar-refractivity contribution in [1.29, 1.82) is 0 Å². The second-order valence-electron chi connectivity index (χ2n) is 7.13. The molecule has 0 aliphatic rings. The zero-order chi connectivity index (χ0) is 20.4. The summed E-state index contributed by atoms with van der Waals surface area (Å²) in [5, 5.41) is 0.934. The Balaban J connectivity index is 1.80. The Labute approximate surface area is 168 Å². The number of carbonyl (C=O) groups is 1. The third kappa shape index (κ3) is 3.80. The number of aromatic nitrogens is 2. The van der Waals surface area contributed by atoms with Crippen molar-refractivity contribution in [2.24, 2.45) is 0 Å². The summed E-state index contributed by atoms with van der Waals surface area (Å²) in [5.41, 5.74) is 4.41. The van der Waals surface area contributed by atoms with Gasteiger partial charge < -0.3 is 9.88 Å². The highest BCUT2D eigenvalue weighted by Crippen LogP contribution is 2.24. The van der Waals surface area contributed by atoms with E-state index >= 15 is 0 Å². The molecule has 29 heavy (non-hydrogen) atoms. The van der Waals surface area contributed by atoms with Gasteiger partial charge in [0.2, 0.25) is 0 Å². The molecule has 5 nitrogen and oxygen atoms in total. The Morgan fingerprint density at radius 1 is 1.03 bits per heavy atom. The van der Waals surface area contributed by atoms with E-state index in [1.165, 1.54) is 0 Å². The summed E-state index contributed by atoms with van der Waals surface area (Å²) < 4.78 is 0. The van der Waals surface area contributed by atoms with Crippen molar-refractivity contribution in [2.75, 3.05) is 4.90 Å². The molecule has 0 saturated heterocycles. The molecule has 2 aromatic heterocycles. The number of aryl methyl sites for hydroxylation is 2. The summed E-state index contributed by atoms with van der Waals surface area (Å²) in [5.74, 6) is -0.198. The SMILES string of the molecule is Cc1ccc2cc(CN(C(=O)c3cccnc3)c3ccccc3C)c(=O)[nH]c2c1. The molecule has 0 radical (unpaired) electrons. The highest BCUT2D eigenvalue weighted by Gasteiger charge is 2.21. The second kappa shape index (κ2) is 7.72. The fourth-order valence-corrected chi connectivity index (χ4v) is 3.43. The Bertz CT molecular complexity index is 1250. The average molecular weight is 383 g/mol. The molecule has 0 aliphatic heterocycles. The first-order valence-electron chi connectivity index (χ1n) is 9.43. The number of amides is 1. The Hall–Kier alpha value is -3.73. The van der Waals surface area contributed by atoms with Gasteiger partial charge in [-0.15, -0.1) is 0 Å². The van der Waals surface area contributed by atoms with Gasteiger partial charge in [-0.25, -0.2) is 0 Å². The van der Waals surface area contributed by atoms with E-state index in [2.05, 4.69) is 9.97 Å². The zero-order valence-electron chi connectivity index (χ0n) is 16.3. The van der Waals surface area contributed by atoms with Gasteiger partial charge in [0.05, 0.1) is 12.1 Å². The van der Waals surface area contributed by atoms with Crippen LogP contribution in [0, 0.1) is 13.8 Å². The number of benzene rings is 2. The summed E-state index contributed by atoms with van der Waals surface area (Å²) >= 11 is 0. The predicted octanol–water partition coefficient (Wildman–Crippen LogP) is 4.39. The van der Waals surface area contributed by atoms with Crippen LogP contribution in [0.15, 0.2) is 77.9 Å². The van der Waals surface area contributed by atoms with Crippen molar-refractivity contribution in [1.82, 2.24) is 9.97 Å². The number of aromatic amines is 1. The van der Waals surface area contributed by atoms with Crippen molar-refractivity contribution in [3.63, 3.8) is 0 Å². The molecule has 2 aromatic carbocycles. The lowest BCUT2D eigenvalue weighted by atomic mass is 10.1. The molecule has 2 heterocycles. The summed E-state index contributed by atoms with van der Waals surface area (Å²) in [4.78, 5) is 34.7. The van der Waals surface area contributed by atoms with E-state index in [9.17, 15) is 9.59 Å². The molecule has 0 aliphatic carbocycles. The van der Waals surface area contributed by atoms with Crippen LogP contribution in [0.25, 0.3) is 10.9 Å². The standard InChI is InChI=1S/C24H21N3O2/c1-16-9-10-18-13-20(23(28)26-21(18)12-16)15-27(22-8-4-3-6-17(22)2)24(29)19-7-5-11-25-14-19/h3-14H,15H2,1-2H3,(H,26,28). The van der Waals surface area contributed by atoms with Crippen LogP contribution < -0.4 is 10.5 Å². The topological polar surface area (TPSA) is 66.1 Å². The lowest BCUT2D eigenvalue weighted by molar-refractivity contribution is 0.0984. The number of H-pyrrole nitrogens is 1. The molecular formula is C24H21N3O2. The van der Waals surface area contributed by atoms with Crippen molar-refractivity contribution in [3.8, 4) is 0 Å². The fourth-order valence-electron chi connectivity index (χ4n) is 3.43. The number of nitrogens with zero attached hydrogens (tertiary/aromatic N) is 2. The molecule has 144 valence electrons. The van der Waals surface area contributed by atoms with Gasteiger partial charge in [0.15, 0.2) is 0 Å². The maximum absolute atomic E-state index is 13.3. The number of para-hydroxylation sites is 1. The van der Waals surface area contributed by atoms with Crippen molar-refractivity contribution < 1.29 is 4.79 Å². The van der Waals surface area contributed by atoms with Crippen LogP contribution in [-0.2, 0) is 6.54 Å².